The van der Waals surface area contributed by atoms with Crippen LogP contribution in [-0.2, 0) is 10.2 Å². The summed E-state index contributed by atoms with van der Waals surface area (Å²) in [6, 6.07) is 9.81. The van der Waals surface area contributed by atoms with Crippen LogP contribution in [0.3, 0.4) is 0 Å². The molecule has 4 nitrogen and oxygen atoms in total. The number of rotatable bonds is 2. The van der Waals surface area contributed by atoms with Crippen LogP contribution in [0.25, 0.3) is 0 Å². The summed E-state index contributed by atoms with van der Waals surface area (Å²) in [5, 5.41) is 9.78. The Hall–Kier alpha value is -2.11. The van der Waals surface area contributed by atoms with Gasteiger partial charge in [-0.2, -0.15) is 0 Å². The highest BCUT2D eigenvalue weighted by atomic mass is 35.5. The average Bonchev–Trinajstić information content (AvgIpc) is 2.54. The van der Waals surface area contributed by atoms with Gasteiger partial charge in [-0.05, 0) is 42.3 Å². The largest absolute Gasteiger partial charge is 0.465 e. The molecule has 7 heteroatoms. The number of carbonyl (C=O) groups excluding carboxylic acids is 1. The predicted octanol–water partition coefficient (Wildman–Crippen LogP) is 4.65. The molecule has 0 saturated carbocycles. The maximum atomic E-state index is 13.8. The van der Waals surface area contributed by atoms with E-state index in [0.717, 1.165) is 4.90 Å². The molecule has 2 amide bonds. The Morgan fingerprint density at radius 3 is 2.38 bits per heavy atom. The fourth-order valence-corrected chi connectivity index (χ4v) is 3.35. The van der Waals surface area contributed by atoms with Crippen molar-refractivity contribution >= 4 is 35.2 Å². The quantitative estimate of drug-likeness (QED) is 0.785. The monoisotopic (exact) mass is 367 g/mol. The fraction of sp³-hybridized carbons (Fsp3) is 0.176. The first kappa shape index (κ1) is 16.7. The van der Waals surface area contributed by atoms with E-state index in [2.05, 4.69) is 0 Å². The van der Waals surface area contributed by atoms with Gasteiger partial charge in [0.15, 0.2) is 0 Å². The number of β-lactam (4-membered cyclic amide) rings is 1. The van der Waals surface area contributed by atoms with Crippen molar-refractivity contribution in [2.75, 3.05) is 0 Å². The van der Waals surface area contributed by atoms with Crippen molar-refractivity contribution in [1.82, 2.24) is 4.90 Å². The molecule has 2 aromatic carbocycles. The van der Waals surface area contributed by atoms with Gasteiger partial charge in [-0.15, -0.1) is 0 Å². The van der Waals surface area contributed by atoms with Crippen molar-refractivity contribution in [3.8, 4) is 0 Å². The van der Waals surface area contributed by atoms with Crippen LogP contribution in [0.4, 0.5) is 9.18 Å². The number of carbonyl (C=O) groups is 2. The highest BCUT2D eigenvalue weighted by Crippen LogP contribution is 2.52. The molecule has 2 aromatic rings. The van der Waals surface area contributed by atoms with Gasteiger partial charge in [0.25, 0.3) is 0 Å². The molecule has 1 saturated heterocycles. The van der Waals surface area contributed by atoms with Crippen molar-refractivity contribution in [2.45, 2.75) is 18.4 Å². The molecule has 2 atom stereocenters. The van der Waals surface area contributed by atoms with E-state index < -0.39 is 29.3 Å². The molecular weight excluding hydrogens is 356 g/mol. The van der Waals surface area contributed by atoms with Crippen molar-refractivity contribution in [2.24, 2.45) is 0 Å². The number of carboxylic acid groups (broad SMARTS) is 1. The minimum atomic E-state index is -1.35. The summed E-state index contributed by atoms with van der Waals surface area (Å²) >= 11 is 11.6. The van der Waals surface area contributed by atoms with Crippen LogP contribution < -0.4 is 0 Å². The number of benzene rings is 2. The Labute approximate surface area is 147 Å². The zero-order valence-electron chi connectivity index (χ0n) is 12.5. The molecule has 0 bridgehead atoms. The Morgan fingerprint density at radius 2 is 1.83 bits per heavy atom. The predicted molar refractivity (Wildman–Crippen MR) is 87.8 cm³/mol. The molecule has 124 valence electrons. The maximum absolute atomic E-state index is 13.8. The maximum Gasteiger partial charge on any atom is 0.414 e. The van der Waals surface area contributed by atoms with E-state index in [1.54, 1.807) is 31.2 Å². The van der Waals surface area contributed by atoms with E-state index in [9.17, 15) is 19.1 Å². The third kappa shape index (κ3) is 2.36. The summed E-state index contributed by atoms with van der Waals surface area (Å²) in [4.78, 5) is 24.7. The minimum absolute atomic E-state index is 0.0627. The van der Waals surface area contributed by atoms with Crippen LogP contribution in [-0.4, -0.2) is 22.0 Å². The Bertz CT molecular complexity index is 840. The highest BCUT2D eigenvalue weighted by Gasteiger charge is 2.61. The third-order valence-electron chi connectivity index (χ3n) is 4.38. The van der Waals surface area contributed by atoms with Crippen LogP contribution in [0.15, 0.2) is 42.5 Å². The van der Waals surface area contributed by atoms with Crippen LogP contribution in [0.2, 0.25) is 10.0 Å². The molecule has 0 radical (unpaired) electrons. The molecule has 1 fully saturated rings. The average molecular weight is 368 g/mol. The van der Waals surface area contributed by atoms with Gasteiger partial charge in [-0.1, -0.05) is 41.4 Å². The molecule has 0 unspecified atom stereocenters. The topological polar surface area (TPSA) is 57.6 Å². The molecule has 0 spiro atoms. The first-order chi connectivity index (χ1) is 11.3. The third-order valence-corrected chi connectivity index (χ3v) is 4.94. The lowest BCUT2D eigenvalue weighted by Gasteiger charge is -2.52. The number of nitrogens with zero attached hydrogens (tertiary/aromatic N) is 1. The highest BCUT2D eigenvalue weighted by molar-refractivity contribution is 6.31. The standard InChI is InChI=1S/C17H12Cl2FNO3/c1-17(10-4-7-12(19)13(20)8-10)14(21(15(17)22)16(23)24)9-2-5-11(18)6-3-9/h2-8,14H,1H3,(H,23,24)/t14-,17+/m1/s1. The van der Waals surface area contributed by atoms with Gasteiger partial charge in [0.2, 0.25) is 5.91 Å². The lowest BCUT2D eigenvalue weighted by Crippen LogP contribution is -2.66. The van der Waals surface area contributed by atoms with Gasteiger partial charge in [-0.3, -0.25) is 4.79 Å². The lowest BCUT2D eigenvalue weighted by atomic mass is 9.65. The molecule has 0 aromatic heterocycles. The van der Waals surface area contributed by atoms with Gasteiger partial charge >= 0.3 is 6.09 Å². The molecular formula is C17H12Cl2FNO3. The second kappa shape index (κ2) is 5.76. The minimum Gasteiger partial charge on any atom is -0.465 e. The van der Waals surface area contributed by atoms with E-state index in [-0.39, 0.29) is 5.02 Å². The smallest absolute Gasteiger partial charge is 0.414 e. The van der Waals surface area contributed by atoms with Crippen molar-refractivity contribution in [3.63, 3.8) is 0 Å². The summed E-state index contributed by atoms with van der Waals surface area (Å²) in [5.74, 6) is -1.27. The van der Waals surface area contributed by atoms with Crippen LogP contribution >= 0.6 is 23.2 Å². The first-order valence-corrected chi connectivity index (χ1v) is 7.80. The number of hydrogen-bond acceptors (Lipinski definition) is 2. The molecule has 24 heavy (non-hydrogen) atoms. The molecule has 0 aliphatic carbocycles. The normalized spacial score (nSPS) is 23.1. The van der Waals surface area contributed by atoms with Gasteiger partial charge in [-0.25, -0.2) is 14.1 Å². The van der Waals surface area contributed by atoms with E-state index in [4.69, 9.17) is 23.2 Å². The Kier molecular flexibility index (Phi) is 4.01. The molecule has 1 N–H and O–H groups in total. The molecule has 1 aliphatic heterocycles. The Balaban J connectivity index is 2.13. The fourth-order valence-electron chi connectivity index (χ4n) is 3.10. The summed E-state index contributed by atoms with van der Waals surface area (Å²) in [6.07, 6.45) is -1.35. The van der Waals surface area contributed by atoms with Gasteiger partial charge < -0.3 is 5.11 Å². The van der Waals surface area contributed by atoms with Crippen LogP contribution in [0.5, 0.6) is 0 Å². The number of amides is 2. The Morgan fingerprint density at radius 1 is 1.21 bits per heavy atom. The SMILES string of the molecule is C[C@@]1(c2ccc(Cl)c(F)c2)C(=O)N(C(=O)O)[C@@H]1c1ccc(Cl)cc1. The van der Waals surface area contributed by atoms with Gasteiger partial charge in [0.1, 0.15) is 5.82 Å². The van der Waals surface area contributed by atoms with E-state index in [0.29, 0.717) is 16.1 Å². The number of likely N-dealkylation sites (tertiary alicyclic amines) is 1. The van der Waals surface area contributed by atoms with Crippen molar-refractivity contribution < 1.29 is 19.1 Å². The summed E-state index contributed by atoms with van der Waals surface area (Å²) in [5.41, 5.74) is -0.247. The molecule has 1 heterocycles. The zero-order valence-corrected chi connectivity index (χ0v) is 14.0. The molecule has 1 aliphatic rings. The van der Waals surface area contributed by atoms with Gasteiger partial charge in [0.05, 0.1) is 16.5 Å². The van der Waals surface area contributed by atoms with Crippen molar-refractivity contribution in [3.05, 3.63) is 69.5 Å². The second-order valence-electron chi connectivity index (χ2n) is 5.74. The zero-order chi connectivity index (χ0) is 17.6. The first-order valence-electron chi connectivity index (χ1n) is 7.04. The van der Waals surface area contributed by atoms with E-state index in [1.165, 1.54) is 18.2 Å². The van der Waals surface area contributed by atoms with Crippen LogP contribution in [0, 0.1) is 5.82 Å². The summed E-state index contributed by atoms with van der Waals surface area (Å²) in [6.45, 7) is 1.59. The van der Waals surface area contributed by atoms with E-state index >= 15 is 0 Å². The van der Waals surface area contributed by atoms with Crippen molar-refractivity contribution in [1.29, 1.82) is 0 Å². The van der Waals surface area contributed by atoms with E-state index in [1.807, 2.05) is 0 Å². The van der Waals surface area contributed by atoms with Crippen LogP contribution in [0.1, 0.15) is 24.1 Å². The van der Waals surface area contributed by atoms with Gasteiger partial charge in [0, 0.05) is 5.02 Å². The lowest BCUT2D eigenvalue weighted by molar-refractivity contribution is -0.155. The number of hydrogen-bond donors (Lipinski definition) is 1. The summed E-state index contributed by atoms with van der Waals surface area (Å²) in [7, 11) is 0. The number of imide groups is 1. The summed E-state index contributed by atoms with van der Waals surface area (Å²) < 4.78 is 13.8. The molecule has 3 rings (SSSR count). The second-order valence-corrected chi connectivity index (χ2v) is 6.59. The number of halogens is 3.